The minimum atomic E-state index is -0.411. The van der Waals surface area contributed by atoms with Crippen molar-refractivity contribution in [3.8, 4) is 0 Å². The van der Waals surface area contributed by atoms with Gasteiger partial charge in [-0.25, -0.2) is 0 Å². The average molecular weight is 218 g/mol. The quantitative estimate of drug-likeness (QED) is 0.714. The van der Waals surface area contributed by atoms with Crippen LogP contribution in [-0.2, 0) is 15.1 Å². The van der Waals surface area contributed by atoms with Crippen molar-refractivity contribution >= 4 is 5.78 Å². The fourth-order valence-corrected chi connectivity index (χ4v) is 1.90. The molecule has 2 atom stereocenters. The van der Waals surface area contributed by atoms with Crippen LogP contribution >= 0.6 is 0 Å². The lowest BCUT2D eigenvalue weighted by atomic mass is 9.84. The minimum Gasteiger partial charge on any atom is -0.353 e. The molecule has 1 aliphatic rings. The molecule has 0 saturated carbocycles. The number of Topliss-reactive ketones (excluding diaryl/α,β-unsaturated/α-hetero) is 1. The van der Waals surface area contributed by atoms with E-state index >= 15 is 0 Å². The molecule has 0 N–H and O–H groups in total. The number of carbonyl (C=O) groups excluding carboxylic acids is 1. The predicted molar refractivity (Wildman–Crippen MR) is 63.1 cm³/mol. The zero-order valence-electron chi connectivity index (χ0n) is 10.3. The molecular weight excluding hydrogens is 200 g/mol. The minimum absolute atomic E-state index is 0.179. The molecular formula is C14H18O2. The Balaban J connectivity index is 2.19. The summed E-state index contributed by atoms with van der Waals surface area (Å²) >= 11 is 0. The lowest BCUT2D eigenvalue weighted by Gasteiger charge is -2.16. The van der Waals surface area contributed by atoms with Crippen molar-refractivity contribution in [2.75, 3.05) is 0 Å². The summed E-state index contributed by atoms with van der Waals surface area (Å²) < 4.78 is 5.63. The van der Waals surface area contributed by atoms with Gasteiger partial charge in [0.05, 0.1) is 0 Å². The number of ketones is 1. The first kappa shape index (κ1) is 11.3. The van der Waals surface area contributed by atoms with E-state index in [-0.39, 0.29) is 17.3 Å². The zero-order valence-corrected chi connectivity index (χ0v) is 10.3. The summed E-state index contributed by atoms with van der Waals surface area (Å²) in [6.45, 7) is 7.78. The molecule has 0 aromatic heterocycles. The molecule has 16 heavy (non-hydrogen) atoms. The third-order valence-electron chi connectivity index (χ3n) is 3.13. The molecule has 1 saturated heterocycles. The van der Waals surface area contributed by atoms with Crippen LogP contribution in [0.4, 0.5) is 0 Å². The monoisotopic (exact) mass is 218 g/mol. The van der Waals surface area contributed by atoms with Crippen molar-refractivity contribution in [3.05, 3.63) is 35.9 Å². The molecule has 0 radical (unpaired) electrons. The molecule has 0 aliphatic carbocycles. The molecule has 2 heteroatoms. The van der Waals surface area contributed by atoms with E-state index in [2.05, 4.69) is 0 Å². The lowest BCUT2D eigenvalue weighted by Crippen LogP contribution is -2.28. The van der Waals surface area contributed by atoms with Crippen LogP contribution in [0.1, 0.15) is 33.3 Å². The van der Waals surface area contributed by atoms with Crippen molar-refractivity contribution < 1.29 is 9.53 Å². The van der Waals surface area contributed by atoms with Crippen molar-refractivity contribution in [2.45, 2.75) is 39.4 Å². The molecule has 0 bridgehead atoms. The Kier molecular flexibility index (Phi) is 2.43. The molecule has 0 amide bonds. The Morgan fingerprint density at radius 1 is 1.25 bits per heavy atom. The van der Waals surface area contributed by atoms with Crippen LogP contribution in [0.2, 0.25) is 0 Å². The Bertz CT molecular complexity index is 402. The van der Waals surface area contributed by atoms with Gasteiger partial charge >= 0.3 is 0 Å². The SMILES string of the molecule is CC(C)(C)C(=O)C1OC1(C)c1ccccc1. The van der Waals surface area contributed by atoms with Gasteiger partial charge in [0, 0.05) is 5.41 Å². The van der Waals surface area contributed by atoms with E-state index in [1.807, 2.05) is 58.0 Å². The van der Waals surface area contributed by atoms with Crippen LogP contribution in [0.3, 0.4) is 0 Å². The number of hydrogen-bond acceptors (Lipinski definition) is 2. The van der Waals surface area contributed by atoms with Crippen LogP contribution in [-0.4, -0.2) is 11.9 Å². The summed E-state index contributed by atoms with van der Waals surface area (Å²) in [7, 11) is 0. The van der Waals surface area contributed by atoms with Gasteiger partial charge < -0.3 is 4.74 Å². The molecule has 1 aromatic carbocycles. The van der Waals surface area contributed by atoms with E-state index in [1.54, 1.807) is 0 Å². The first-order valence-corrected chi connectivity index (χ1v) is 5.63. The fraction of sp³-hybridized carbons (Fsp3) is 0.500. The molecule has 1 fully saturated rings. The molecule has 1 aromatic rings. The molecule has 0 spiro atoms. The van der Waals surface area contributed by atoms with Crippen molar-refractivity contribution in [1.29, 1.82) is 0 Å². The first-order valence-electron chi connectivity index (χ1n) is 5.63. The van der Waals surface area contributed by atoms with Crippen LogP contribution in [0, 0.1) is 5.41 Å². The molecule has 2 rings (SSSR count). The lowest BCUT2D eigenvalue weighted by molar-refractivity contribution is -0.127. The third kappa shape index (κ3) is 1.78. The van der Waals surface area contributed by atoms with E-state index in [9.17, 15) is 4.79 Å². The van der Waals surface area contributed by atoms with Gasteiger partial charge in [0.15, 0.2) is 11.9 Å². The fourth-order valence-electron chi connectivity index (χ4n) is 1.90. The van der Waals surface area contributed by atoms with E-state index in [4.69, 9.17) is 4.74 Å². The average Bonchev–Trinajstić information content (AvgIpc) is 2.91. The summed E-state index contributed by atoms with van der Waals surface area (Å²) in [4.78, 5) is 12.1. The number of benzene rings is 1. The number of rotatable bonds is 2. The number of epoxide rings is 1. The smallest absolute Gasteiger partial charge is 0.170 e. The van der Waals surface area contributed by atoms with E-state index < -0.39 is 5.60 Å². The zero-order chi connectivity index (χ0) is 12.0. The third-order valence-corrected chi connectivity index (χ3v) is 3.13. The second kappa shape index (κ2) is 3.42. The van der Waals surface area contributed by atoms with Gasteiger partial charge in [-0.05, 0) is 12.5 Å². The van der Waals surface area contributed by atoms with Crippen LogP contribution in [0.15, 0.2) is 30.3 Å². The highest BCUT2D eigenvalue weighted by Crippen LogP contribution is 2.48. The van der Waals surface area contributed by atoms with Gasteiger partial charge in [0.1, 0.15) is 5.60 Å². The van der Waals surface area contributed by atoms with Gasteiger partial charge in [-0.3, -0.25) is 4.79 Å². The number of hydrogen-bond donors (Lipinski definition) is 0. The summed E-state index contributed by atoms with van der Waals surface area (Å²) in [6.07, 6.45) is -0.283. The van der Waals surface area contributed by atoms with Crippen LogP contribution < -0.4 is 0 Å². The summed E-state index contributed by atoms with van der Waals surface area (Å²) in [6, 6.07) is 9.93. The second-order valence-electron chi connectivity index (χ2n) is 5.59. The highest BCUT2D eigenvalue weighted by molar-refractivity contribution is 5.91. The van der Waals surface area contributed by atoms with Gasteiger partial charge in [-0.2, -0.15) is 0 Å². The highest BCUT2D eigenvalue weighted by atomic mass is 16.6. The molecule has 2 nitrogen and oxygen atoms in total. The van der Waals surface area contributed by atoms with E-state index in [1.165, 1.54) is 0 Å². The molecule has 2 unspecified atom stereocenters. The maximum atomic E-state index is 12.1. The highest BCUT2D eigenvalue weighted by Gasteiger charge is 2.59. The van der Waals surface area contributed by atoms with E-state index in [0.717, 1.165) is 5.56 Å². The first-order chi connectivity index (χ1) is 7.36. The maximum absolute atomic E-state index is 12.1. The normalized spacial score (nSPS) is 28.9. The Labute approximate surface area is 96.6 Å². The number of carbonyl (C=O) groups is 1. The molecule has 86 valence electrons. The topological polar surface area (TPSA) is 29.6 Å². The Morgan fingerprint density at radius 2 is 1.81 bits per heavy atom. The Hall–Kier alpha value is -1.15. The summed E-state index contributed by atoms with van der Waals surface area (Å²) in [5, 5.41) is 0. The largest absolute Gasteiger partial charge is 0.353 e. The summed E-state index contributed by atoms with van der Waals surface area (Å²) in [5.74, 6) is 0.179. The van der Waals surface area contributed by atoms with Crippen LogP contribution in [0.25, 0.3) is 0 Å². The van der Waals surface area contributed by atoms with Gasteiger partial charge in [0.25, 0.3) is 0 Å². The molecule has 1 heterocycles. The number of ether oxygens (including phenoxy) is 1. The molecule has 1 aliphatic heterocycles. The van der Waals surface area contributed by atoms with E-state index in [0.29, 0.717) is 0 Å². The van der Waals surface area contributed by atoms with Gasteiger partial charge in [-0.15, -0.1) is 0 Å². The predicted octanol–water partition coefficient (Wildman–Crippen LogP) is 2.92. The van der Waals surface area contributed by atoms with Crippen molar-refractivity contribution in [2.24, 2.45) is 5.41 Å². The van der Waals surface area contributed by atoms with Gasteiger partial charge in [-0.1, -0.05) is 51.1 Å². The second-order valence-corrected chi connectivity index (χ2v) is 5.59. The maximum Gasteiger partial charge on any atom is 0.170 e. The van der Waals surface area contributed by atoms with Crippen molar-refractivity contribution in [3.63, 3.8) is 0 Å². The Morgan fingerprint density at radius 3 is 2.31 bits per heavy atom. The van der Waals surface area contributed by atoms with Crippen LogP contribution in [0.5, 0.6) is 0 Å². The van der Waals surface area contributed by atoms with Gasteiger partial charge in [0.2, 0.25) is 0 Å². The summed E-state index contributed by atoms with van der Waals surface area (Å²) in [5.41, 5.74) is 0.334. The standard InChI is InChI=1S/C14H18O2/c1-13(2,3)11(15)12-14(4,16-12)10-8-6-5-7-9-10/h5-9,12H,1-4H3. The van der Waals surface area contributed by atoms with Crippen molar-refractivity contribution in [1.82, 2.24) is 0 Å².